The van der Waals surface area contributed by atoms with E-state index in [1.807, 2.05) is 31.2 Å². The first kappa shape index (κ1) is 13.4. The van der Waals surface area contributed by atoms with Crippen molar-refractivity contribution in [2.45, 2.75) is 6.92 Å². The van der Waals surface area contributed by atoms with Crippen molar-refractivity contribution in [1.29, 1.82) is 0 Å². The van der Waals surface area contributed by atoms with Crippen LogP contribution in [-0.4, -0.2) is 9.78 Å². The number of aromatic nitrogens is 2. The van der Waals surface area contributed by atoms with Gasteiger partial charge in [-0.2, -0.15) is 5.10 Å². The number of anilines is 1. The first-order valence-corrected chi connectivity index (χ1v) is 6.73. The van der Waals surface area contributed by atoms with Crippen LogP contribution in [0, 0.1) is 12.7 Å². The fourth-order valence-corrected chi connectivity index (χ4v) is 2.50. The second-order valence-electron chi connectivity index (χ2n) is 5.03. The van der Waals surface area contributed by atoms with Crippen molar-refractivity contribution in [2.24, 2.45) is 7.05 Å². The van der Waals surface area contributed by atoms with Crippen LogP contribution in [0.25, 0.3) is 22.4 Å². The van der Waals surface area contributed by atoms with Gasteiger partial charge in [-0.1, -0.05) is 36.4 Å². The van der Waals surface area contributed by atoms with E-state index < -0.39 is 0 Å². The quantitative estimate of drug-likeness (QED) is 0.776. The van der Waals surface area contributed by atoms with E-state index in [0.717, 1.165) is 16.7 Å². The Morgan fingerprint density at radius 3 is 2.29 bits per heavy atom. The Morgan fingerprint density at radius 2 is 1.62 bits per heavy atom. The lowest BCUT2D eigenvalue weighted by molar-refractivity contribution is 0.630. The largest absolute Gasteiger partial charge is 0.383 e. The standard InChI is InChI=1S/C17H16FN3/c1-11-7-3-4-8-12(11)15-16(20-21(2)17(15)19)13-9-5-6-10-14(13)18/h3-10H,19H2,1-2H3. The molecular weight excluding hydrogens is 265 g/mol. The van der Waals surface area contributed by atoms with Crippen molar-refractivity contribution in [3.05, 3.63) is 59.9 Å². The number of hydrogen-bond acceptors (Lipinski definition) is 2. The van der Waals surface area contributed by atoms with Crippen LogP contribution in [0.3, 0.4) is 0 Å². The molecular formula is C17H16FN3. The molecule has 2 aromatic carbocycles. The van der Waals surface area contributed by atoms with E-state index in [2.05, 4.69) is 5.10 Å². The predicted octanol–water partition coefficient (Wildman–Crippen LogP) is 3.78. The third-order valence-electron chi connectivity index (χ3n) is 3.63. The van der Waals surface area contributed by atoms with Gasteiger partial charge >= 0.3 is 0 Å². The number of nitrogens with zero attached hydrogens (tertiary/aromatic N) is 2. The SMILES string of the molecule is Cc1ccccc1-c1c(-c2ccccc2F)nn(C)c1N. The fraction of sp³-hybridized carbons (Fsp3) is 0.118. The Kier molecular flexibility index (Phi) is 3.22. The van der Waals surface area contributed by atoms with Crippen LogP contribution in [0.2, 0.25) is 0 Å². The molecule has 1 aromatic heterocycles. The molecule has 3 rings (SSSR count). The third-order valence-corrected chi connectivity index (χ3v) is 3.63. The summed E-state index contributed by atoms with van der Waals surface area (Å²) in [5.41, 5.74) is 10.0. The van der Waals surface area contributed by atoms with Gasteiger partial charge in [-0.25, -0.2) is 4.39 Å². The number of nitrogens with two attached hydrogens (primary N) is 1. The Labute approximate surface area is 122 Å². The van der Waals surface area contributed by atoms with Crippen LogP contribution in [0.15, 0.2) is 48.5 Å². The molecule has 0 aliphatic rings. The molecule has 0 saturated heterocycles. The summed E-state index contributed by atoms with van der Waals surface area (Å²) in [6.07, 6.45) is 0. The van der Waals surface area contributed by atoms with Crippen molar-refractivity contribution in [3.63, 3.8) is 0 Å². The molecule has 1 heterocycles. The van der Waals surface area contributed by atoms with Gasteiger partial charge in [0.05, 0.1) is 5.56 Å². The van der Waals surface area contributed by atoms with Crippen molar-refractivity contribution in [2.75, 3.05) is 5.73 Å². The molecule has 0 atom stereocenters. The summed E-state index contributed by atoms with van der Waals surface area (Å²) >= 11 is 0. The van der Waals surface area contributed by atoms with E-state index in [9.17, 15) is 4.39 Å². The van der Waals surface area contributed by atoms with Crippen LogP contribution in [0.4, 0.5) is 10.2 Å². The molecule has 2 N–H and O–H groups in total. The van der Waals surface area contributed by atoms with Gasteiger partial charge in [0.1, 0.15) is 17.3 Å². The van der Waals surface area contributed by atoms with E-state index in [4.69, 9.17) is 5.73 Å². The number of halogens is 1. The molecule has 21 heavy (non-hydrogen) atoms. The molecule has 0 radical (unpaired) electrons. The van der Waals surface area contributed by atoms with Gasteiger partial charge in [0.25, 0.3) is 0 Å². The molecule has 0 spiro atoms. The van der Waals surface area contributed by atoms with Gasteiger partial charge in [0.2, 0.25) is 0 Å². The number of aryl methyl sites for hydroxylation is 2. The maximum atomic E-state index is 14.1. The van der Waals surface area contributed by atoms with E-state index in [0.29, 0.717) is 17.1 Å². The molecule has 0 aliphatic carbocycles. The van der Waals surface area contributed by atoms with Crippen molar-refractivity contribution in [3.8, 4) is 22.4 Å². The lowest BCUT2D eigenvalue weighted by Crippen LogP contribution is -1.98. The monoisotopic (exact) mass is 281 g/mol. The average molecular weight is 281 g/mol. The normalized spacial score (nSPS) is 10.8. The molecule has 0 bridgehead atoms. The molecule has 106 valence electrons. The molecule has 0 fully saturated rings. The lowest BCUT2D eigenvalue weighted by atomic mass is 9.97. The smallest absolute Gasteiger partial charge is 0.132 e. The number of rotatable bonds is 2. The first-order chi connectivity index (χ1) is 10.1. The predicted molar refractivity (Wildman–Crippen MR) is 83.2 cm³/mol. The zero-order chi connectivity index (χ0) is 15.0. The Balaban J connectivity index is 2.32. The van der Waals surface area contributed by atoms with Crippen LogP contribution >= 0.6 is 0 Å². The number of hydrogen-bond donors (Lipinski definition) is 1. The molecule has 3 nitrogen and oxygen atoms in total. The van der Waals surface area contributed by atoms with Crippen LogP contribution in [0.1, 0.15) is 5.56 Å². The highest BCUT2D eigenvalue weighted by atomic mass is 19.1. The summed E-state index contributed by atoms with van der Waals surface area (Å²) in [4.78, 5) is 0. The zero-order valence-electron chi connectivity index (χ0n) is 12.0. The van der Waals surface area contributed by atoms with Gasteiger partial charge < -0.3 is 5.73 Å². The van der Waals surface area contributed by atoms with Crippen molar-refractivity contribution in [1.82, 2.24) is 9.78 Å². The zero-order valence-corrected chi connectivity index (χ0v) is 12.0. The summed E-state index contributed by atoms with van der Waals surface area (Å²) in [5.74, 6) is 0.230. The highest BCUT2D eigenvalue weighted by Gasteiger charge is 2.20. The third kappa shape index (κ3) is 2.18. The lowest BCUT2D eigenvalue weighted by Gasteiger charge is -2.08. The topological polar surface area (TPSA) is 43.8 Å². The number of nitrogen functional groups attached to an aromatic ring is 1. The van der Waals surface area contributed by atoms with E-state index >= 15 is 0 Å². The molecule has 0 saturated carbocycles. The minimum Gasteiger partial charge on any atom is -0.383 e. The summed E-state index contributed by atoms with van der Waals surface area (Å²) in [5, 5.41) is 4.41. The molecule has 0 amide bonds. The second kappa shape index (κ2) is 5.05. The molecule has 0 unspecified atom stereocenters. The highest BCUT2D eigenvalue weighted by molar-refractivity contribution is 5.89. The van der Waals surface area contributed by atoms with Gasteiger partial charge in [0.15, 0.2) is 0 Å². The van der Waals surface area contributed by atoms with E-state index in [1.165, 1.54) is 6.07 Å². The van der Waals surface area contributed by atoms with Crippen LogP contribution in [0.5, 0.6) is 0 Å². The Hall–Kier alpha value is -2.62. The van der Waals surface area contributed by atoms with Crippen molar-refractivity contribution < 1.29 is 4.39 Å². The van der Waals surface area contributed by atoms with Gasteiger partial charge in [-0.3, -0.25) is 4.68 Å². The van der Waals surface area contributed by atoms with Crippen molar-refractivity contribution >= 4 is 5.82 Å². The summed E-state index contributed by atoms with van der Waals surface area (Å²) in [6, 6.07) is 14.5. The highest BCUT2D eigenvalue weighted by Crippen LogP contribution is 2.38. The second-order valence-corrected chi connectivity index (χ2v) is 5.03. The Morgan fingerprint density at radius 1 is 1.00 bits per heavy atom. The van der Waals surface area contributed by atoms with Gasteiger partial charge in [0, 0.05) is 12.6 Å². The Bertz CT molecular complexity index is 806. The summed E-state index contributed by atoms with van der Waals surface area (Å²) in [7, 11) is 1.77. The minimum atomic E-state index is -0.301. The fourth-order valence-electron chi connectivity index (χ4n) is 2.50. The molecule has 0 aliphatic heterocycles. The van der Waals surface area contributed by atoms with Crippen LogP contribution < -0.4 is 5.73 Å². The maximum Gasteiger partial charge on any atom is 0.132 e. The summed E-state index contributed by atoms with van der Waals surface area (Å²) < 4.78 is 15.7. The number of benzene rings is 2. The average Bonchev–Trinajstić information content (AvgIpc) is 2.76. The van der Waals surface area contributed by atoms with E-state index in [-0.39, 0.29) is 5.82 Å². The summed E-state index contributed by atoms with van der Waals surface area (Å²) in [6.45, 7) is 2.01. The van der Waals surface area contributed by atoms with E-state index in [1.54, 1.807) is 29.9 Å². The molecule has 4 heteroatoms. The maximum absolute atomic E-state index is 14.1. The molecule has 3 aromatic rings. The van der Waals surface area contributed by atoms with Gasteiger partial charge in [-0.15, -0.1) is 0 Å². The minimum absolute atomic E-state index is 0.301. The van der Waals surface area contributed by atoms with Crippen LogP contribution in [-0.2, 0) is 7.05 Å². The first-order valence-electron chi connectivity index (χ1n) is 6.73. The van der Waals surface area contributed by atoms with Gasteiger partial charge in [-0.05, 0) is 30.2 Å².